The van der Waals surface area contributed by atoms with Gasteiger partial charge in [-0.3, -0.25) is 14.9 Å². The number of anilines is 1. The number of nitro benzene ring substituents is 1. The molecule has 0 unspecified atom stereocenters. The van der Waals surface area contributed by atoms with Crippen LogP contribution in [0.15, 0.2) is 18.2 Å². The standard InChI is InChI=1S/C10H12N2O5/c1-17-5-4-10(14)11-8-3-2-7(12(15)16)6-9(8)13/h2-3,6,13H,4-5H2,1H3,(H,11,14). The summed E-state index contributed by atoms with van der Waals surface area (Å²) in [6.07, 6.45) is 0.146. The highest BCUT2D eigenvalue weighted by Crippen LogP contribution is 2.27. The van der Waals surface area contributed by atoms with Crippen molar-refractivity contribution in [2.75, 3.05) is 19.0 Å². The van der Waals surface area contributed by atoms with Crippen molar-refractivity contribution in [2.24, 2.45) is 0 Å². The number of hydrogen-bond acceptors (Lipinski definition) is 5. The number of nitrogens with zero attached hydrogens (tertiary/aromatic N) is 1. The van der Waals surface area contributed by atoms with Gasteiger partial charge in [0.1, 0.15) is 5.75 Å². The molecule has 1 rings (SSSR count). The van der Waals surface area contributed by atoms with Gasteiger partial charge in [0, 0.05) is 13.2 Å². The first-order valence-corrected chi connectivity index (χ1v) is 4.80. The van der Waals surface area contributed by atoms with Crippen LogP contribution in [0.3, 0.4) is 0 Å². The lowest BCUT2D eigenvalue weighted by molar-refractivity contribution is -0.384. The predicted molar refractivity (Wildman–Crippen MR) is 59.9 cm³/mol. The number of carbonyl (C=O) groups excluding carboxylic acids is 1. The van der Waals surface area contributed by atoms with Gasteiger partial charge in [-0.25, -0.2) is 0 Å². The third-order valence-electron chi connectivity index (χ3n) is 2.00. The monoisotopic (exact) mass is 240 g/mol. The molecule has 0 spiro atoms. The van der Waals surface area contributed by atoms with Crippen molar-refractivity contribution in [3.05, 3.63) is 28.3 Å². The van der Waals surface area contributed by atoms with Crippen LogP contribution in [0.25, 0.3) is 0 Å². The Morgan fingerprint density at radius 3 is 2.82 bits per heavy atom. The van der Waals surface area contributed by atoms with E-state index in [1.165, 1.54) is 19.2 Å². The molecule has 0 aliphatic carbocycles. The van der Waals surface area contributed by atoms with Crippen LogP contribution in [0.5, 0.6) is 5.75 Å². The van der Waals surface area contributed by atoms with Crippen LogP contribution >= 0.6 is 0 Å². The molecule has 0 aliphatic rings. The van der Waals surface area contributed by atoms with Crippen molar-refractivity contribution in [3.63, 3.8) is 0 Å². The summed E-state index contributed by atoms with van der Waals surface area (Å²) >= 11 is 0. The first-order valence-electron chi connectivity index (χ1n) is 4.80. The molecule has 0 aromatic heterocycles. The van der Waals surface area contributed by atoms with Crippen molar-refractivity contribution < 1.29 is 19.6 Å². The van der Waals surface area contributed by atoms with Crippen molar-refractivity contribution in [2.45, 2.75) is 6.42 Å². The van der Waals surface area contributed by atoms with Gasteiger partial charge in [-0.05, 0) is 6.07 Å². The molecule has 0 aliphatic heterocycles. The Labute approximate surface area is 97.2 Å². The lowest BCUT2D eigenvalue weighted by atomic mass is 10.2. The molecule has 1 aromatic carbocycles. The van der Waals surface area contributed by atoms with Gasteiger partial charge in [-0.1, -0.05) is 0 Å². The van der Waals surface area contributed by atoms with Gasteiger partial charge in [-0.15, -0.1) is 0 Å². The molecule has 1 amide bonds. The summed E-state index contributed by atoms with van der Waals surface area (Å²) in [5, 5.41) is 22.3. The van der Waals surface area contributed by atoms with Crippen LogP contribution in [-0.4, -0.2) is 29.7 Å². The lowest BCUT2D eigenvalue weighted by Gasteiger charge is -2.06. The van der Waals surface area contributed by atoms with Crippen molar-refractivity contribution in [1.82, 2.24) is 0 Å². The summed E-state index contributed by atoms with van der Waals surface area (Å²) in [5.41, 5.74) is -0.103. The van der Waals surface area contributed by atoms with E-state index in [4.69, 9.17) is 4.74 Å². The zero-order chi connectivity index (χ0) is 12.8. The fraction of sp³-hybridized carbons (Fsp3) is 0.300. The molecule has 0 bridgehead atoms. The van der Waals surface area contributed by atoms with E-state index < -0.39 is 4.92 Å². The zero-order valence-corrected chi connectivity index (χ0v) is 9.17. The summed E-state index contributed by atoms with van der Waals surface area (Å²) in [6.45, 7) is 0.263. The quantitative estimate of drug-likeness (QED) is 0.458. The summed E-state index contributed by atoms with van der Waals surface area (Å²) in [4.78, 5) is 21.1. The Morgan fingerprint density at radius 2 is 2.29 bits per heavy atom. The number of hydrogen-bond donors (Lipinski definition) is 2. The molecular formula is C10H12N2O5. The van der Waals surface area contributed by atoms with Crippen LogP contribution in [0, 0.1) is 10.1 Å². The number of phenolic OH excluding ortho intramolecular Hbond substituents is 1. The second kappa shape index (κ2) is 5.80. The first kappa shape index (κ1) is 12.9. The normalized spacial score (nSPS) is 9.94. The number of rotatable bonds is 5. The highest BCUT2D eigenvalue weighted by molar-refractivity contribution is 5.92. The maximum absolute atomic E-state index is 11.3. The van der Waals surface area contributed by atoms with E-state index in [2.05, 4.69) is 5.32 Å². The Hall–Kier alpha value is -2.15. The smallest absolute Gasteiger partial charge is 0.273 e. The minimum atomic E-state index is -0.629. The highest BCUT2D eigenvalue weighted by atomic mass is 16.6. The average Bonchev–Trinajstić information content (AvgIpc) is 2.28. The molecule has 7 nitrogen and oxygen atoms in total. The Balaban J connectivity index is 2.72. The maximum atomic E-state index is 11.3. The molecule has 2 N–H and O–H groups in total. The fourth-order valence-electron chi connectivity index (χ4n) is 1.15. The summed E-state index contributed by atoms with van der Waals surface area (Å²) in [6, 6.07) is 3.45. The molecule has 0 radical (unpaired) electrons. The number of phenols is 1. The van der Waals surface area contributed by atoms with E-state index in [1.807, 2.05) is 0 Å². The van der Waals surface area contributed by atoms with Gasteiger partial charge >= 0.3 is 0 Å². The van der Waals surface area contributed by atoms with Gasteiger partial charge in [-0.2, -0.15) is 0 Å². The summed E-state index contributed by atoms with van der Waals surface area (Å²) in [5.74, 6) is -0.680. The minimum Gasteiger partial charge on any atom is -0.506 e. The number of nitrogens with one attached hydrogen (secondary N) is 1. The van der Waals surface area contributed by atoms with E-state index in [-0.39, 0.29) is 36.1 Å². The molecule has 0 fully saturated rings. The van der Waals surface area contributed by atoms with E-state index >= 15 is 0 Å². The number of amides is 1. The Morgan fingerprint density at radius 1 is 1.59 bits per heavy atom. The average molecular weight is 240 g/mol. The molecule has 7 heteroatoms. The van der Waals surface area contributed by atoms with Crippen LogP contribution in [0.1, 0.15) is 6.42 Å². The summed E-state index contributed by atoms with van der Waals surface area (Å²) in [7, 11) is 1.47. The molecule has 1 aromatic rings. The van der Waals surface area contributed by atoms with Crippen LogP contribution in [-0.2, 0) is 9.53 Å². The second-order valence-corrected chi connectivity index (χ2v) is 3.25. The van der Waals surface area contributed by atoms with Gasteiger partial charge in [0.25, 0.3) is 5.69 Å². The third-order valence-corrected chi connectivity index (χ3v) is 2.00. The zero-order valence-electron chi connectivity index (χ0n) is 9.17. The molecular weight excluding hydrogens is 228 g/mol. The number of aromatic hydroxyl groups is 1. The SMILES string of the molecule is COCCC(=O)Nc1ccc([N+](=O)[O-])cc1O. The van der Waals surface area contributed by atoms with E-state index in [0.29, 0.717) is 0 Å². The molecule has 0 saturated carbocycles. The number of nitro groups is 1. The first-order chi connectivity index (χ1) is 8.04. The topological polar surface area (TPSA) is 102 Å². The minimum absolute atomic E-state index is 0.136. The van der Waals surface area contributed by atoms with Gasteiger partial charge in [0.2, 0.25) is 5.91 Å². The third kappa shape index (κ3) is 3.72. The second-order valence-electron chi connectivity index (χ2n) is 3.25. The van der Waals surface area contributed by atoms with Crippen molar-refractivity contribution in [3.8, 4) is 5.75 Å². The molecule has 0 atom stereocenters. The number of ether oxygens (including phenoxy) is 1. The molecule has 0 saturated heterocycles. The van der Waals surface area contributed by atoms with Gasteiger partial charge in [0.05, 0.1) is 29.7 Å². The van der Waals surface area contributed by atoms with Crippen molar-refractivity contribution >= 4 is 17.3 Å². The molecule has 17 heavy (non-hydrogen) atoms. The molecule has 0 heterocycles. The Kier molecular flexibility index (Phi) is 4.41. The van der Waals surface area contributed by atoms with E-state index in [9.17, 15) is 20.0 Å². The van der Waals surface area contributed by atoms with Crippen LogP contribution in [0.4, 0.5) is 11.4 Å². The predicted octanol–water partition coefficient (Wildman–Crippen LogP) is 1.28. The lowest BCUT2D eigenvalue weighted by Crippen LogP contribution is -2.13. The van der Waals surface area contributed by atoms with Crippen LogP contribution < -0.4 is 5.32 Å². The highest BCUT2D eigenvalue weighted by Gasteiger charge is 2.11. The number of non-ortho nitro benzene ring substituents is 1. The van der Waals surface area contributed by atoms with E-state index in [0.717, 1.165) is 6.07 Å². The Bertz CT molecular complexity index is 433. The maximum Gasteiger partial charge on any atom is 0.273 e. The van der Waals surface area contributed by atoms with Gasteiger partial charge in [0.15, 0.2) is 0 Å². The van der Waals surface area contributed by atoms with Crippen molar-refractivity contribution in [1.29, 1.82) is 0 Å². The molecule has 92 valence electrons. The van der Waals surface area contributed by atoms with Gasteiger partial charge < -0.3 is 15.2 Å². The largest absolute Gasteiger partial charge is 0.506 e. The summed E-state index contributed by atoms with van der Waals surface area (Å²) < 4.78 is 4.72. The van der Waals surface area contributed by atoms with E-state index in [1.54, 1.807) is 0 Å². The van der Waals surface area contributed by atoms with Crippen LogP contribution in [0.2, 0.25) is 0 Å². The number of methoxy groups -OCH3 is 1. The fourth-order valence-corrected chi connectivity index (χ4v) is 1.15. The number of carbonyl (C=O) groups is 1. The number of benzene rings is 1.